The molecule has 0 atom stereocenters. The summed E-state index contributed by atoms with van der Waals surface area (Å²) >= 11 is 0. The maximum Gasteiger partial charge on any atom is 0.356 e. The fraction of sp³-hybridized carbons (Fsp3) is 0.476. The van der Waals surface area contributed by atoms with E-state index in [0.29, 0.717) is 17.5 Å². The molecule has 0 radical (unpaired) electrons. The number of carbonyl (C=O) groups excluding carboxylic acids is 1. The predicted octanol–water partition coefficient (Wildman–Crippen LogP) is 4.10. The first-order chi connectivity index (χ1) is 12.7. The number of hydrogen-bond donors (Lipinski definition) is 0. The Bertz CT molecular complexity index is 841. The Balaban J connectivity index is 1.54. The number of carbonyl (C=O) groups is 1. The fourth-order valence-corrected chi connectivity index (χ4v) is 3.83. The average Bonchev–Trinajstić information content (AvgIpc) is 3.58. The molecule has 0 unspecified atom stereocenters. The van der Waals surface area contributed by atoms with E-state index in [1.807, 2.05) is 6.07 Å². The van der Waals surface area contributed by atoms with Crippen LogP contribution in [0.4, 0.5) is 11.4 Å². The molecular formula is C21H23N3O2. The Labute approximate surface area is 153 Å². The summed E-state index contributed by atoms with van der Waals surface area (Å²) < 4.78 is 4.81. The monoisotopic (exact) mass is 349 g/mol. The van der Waals surface area contributed by atoms with Crippen LogP contribution in [-0.2, 0) is 11.2 Å². The molecule has 5 heteroatoms. The van der Waals surface area contributed by atoms with Gasteiger partial charge < -0.3 is 9.64 Å². The third kappa shape index (κ3) is 2.85. The molecule has 2 aromatic rings. The SMILES string of the molecule is COC(=O)c1ccc2c(n1)CCCN2c1cc(C2CC2)nc(C2CC2)c1. The Morgan fingerprint density at radius 3 is 2.38 bits per heavy atom. The van der Waals surface area contributed by atoms with Gasteiger partial charge in [-0.2, -0.15) is 0 Å². The van der Waals surface area contributed by atoms with Gasteiger partial charge >= 0.3 is 5.97 Å². The van der Waals surface area contributed by atoms with Gasteiger partial charge in [-0.25, -0.2) is 9.78 Å². The van der Waals surface area contributed by atoms with E-state index in [4.69, 9.17) is 9.72 Å². The first-order valence-corrected chi connectivity index (χ1v) is 9.60. The number of pyridine rings is 2. The number of methoxy groups -OCH3 is 1. The van der Waals surface area contributed by atoms with Crippen molar-refractivity contribution in [3.63, 3.8) is 0 Å². The molecule has 3 heterocycles. The molecule has 5 nitrogen and oxygen atoms in total. The number of aryl methyl sites for hydroxylation is 1. The van der Waals surface area contributed by atoms with Gasteiger partial charge in [0, 0.05) is 35.5 Å². The molecule has 0 saturated heterocycles. The number of ether oxygens (including phenoxy) is 1. The van der Waals surface area contributed by atoms with Crippen LogP contribution in [0.2, 0.25) is 0 Å². The van der Waals surface area contributed by atoms with Crippen molar-refractivity contribution in [2.24, 2.45) is 0 Å². The third-order valence-electron chi connectivity index (χ3n) is 5.58. The highest BCUT2D eigenvalue weighted by molar-refractivity contribution is 5.88. The lowest BCUT2D eigenvalue weighted by Crippen LogP contribution is -2.26. The Morgan fingerprint density at radius 1 is 1.08 bits per heavy atom. The number of fused-ring (bicyclic) bond motifs is 1. The van der Waals surface area contributed by atoms with E-state index in [9.17, 15) is 4.79 Å². The standard InChI is InChI=1S/C21H23N3O2/c1-26-21(25)17-8-9-20-16(22-17)3-2-10-24(20)15-11-18(13-4-5-13)23-19(12-15)14-6-7-14/h8-9,11-14H,2-7,10H2,1H3. The highest BCUT2D eigenvalue weighted by atomic mass is 16.5. The minimum Gasteiger partial charge on any atom is -0.464 e. The normalized spacial score (nSPS) is 19.2. The van der Waals surface area contributed by atoms with Gasteiger partial charge in [0.25, 0.3) is 0 Å². The van der Waals surface area contributed by atoms with Crippen molar-refractivity contribution in [3.8, 4) is 0 Å². The summed E-state index contributed by atoms with van der Waals surface area (Å²) in [6.45, 7) is 0.977. The predicted molar refractivity (Wildman–Crippen MR) is 99.1 cm³/mol. The van der Waals surface area contributed by atoms with Crippen LogP contribution in [0.1, 0.15) is 71.5 Å². The van der Waals surface area contributed by atoms with E-state index in [1.54, 1.807) is 6.07 Å². The van der Waals surface area contributed by atoms with Gasteiger partial charge in [0.05, 0.1) is 18.5 Å². The summed E-state index contributed by atoms with van der Waals surface area (Å²) in [6.07, 6.45) is 6.99. The quantitative estimate of drug-likeness (QED) is 0.778. The molecule has 0 N–H and O–H groups in total. The first-order valence-electron chi connectivity index (χ1n) is 9.60. The van der Waals surface area contributed by atoms with Gasteiger partial charge in [0.15, 0.2) is 0 Å². The summed E-state index contributed by atoms with van der Waals surface area (Å²) in [6, 6.07) is 8.33. The van der Waals surface area contributed by atoms with Crippen molar-refractivity contribution in [1.29, 1.82) is 0 Å². The number of hydrogen-bond acceptors (Lipinski definition) is 5. The van der Waals surface area contributed by atoms with Crippen LogP contribution in [0.25, 0.3) is 0 Å². The van der Waals surface area contributed by atoms with Crippen molar-refractivity contribution >= 4 is 17.3 Å². The summed E-state index contributed by atoms with van der Waals surface area (Å²) in [7, 11) is 1.39. The molecule has 1 aliphatic heterocycles. The van der Waals surface area contributed by atoms with Gasteiger partial charge in [0.2, 0.25) is 0 Å². The van der Waals surface area contributed by atoms with Gasteiger partial charge in [-0.05, 0) is 62.8 Å². The van der Waals surface area contributed by atoms with Gasteiger partial charge in [0.1, 0.15) is 5.69 Å². The van der Waals surface area contributed by atoms with Crippen LogP contribution >= 0.6 is 0 Å². The van der Waals surface area contributed by atoms with Crippen molar-refractivity contribution < 1.29 is 9.53 Å². The largest absolute Gasteiger partial charge is 0.464 e. The first kappa shape index (κ1) is 15.8. The van der Waals surface area contributed by atoms with Crippen LogP contribution in [0.15, 0.2) is 24.3 Å². The number of esters is 1. The van der Waals surface area contributed by atoms with Crippen molar-refractivity contribution in [2.75, 3.05) is 18.6 Å². The number of nitrogens with zero attached hydrogens (tertiary/aromatic N) is 3. The fourth-order valence-electron chi connectivity index (χ4n) is 3.83. The van der Waals surface area contributed by atoms with Crippen LogP contribution in [0.5, 0.6) is 0 Å². The Morgan fingerprint density at radius 2 is 1.77 bits per heavy atom. The van der Waals surface area contributed by atoms with Crippen LogP contribution in [0, 0.1) is 0 Å². The average molecular weight is 349 g/mol. The second kappa shape index (κ2) is 6.08. The molecule has 2 fully saturated rings. The molecule has 0 aromatic carbocycles. The zero-order chi connectivity index (χ0) is 17.7. The van der Waals surface area contributed by atoms with E-state index in [2.05, 4.69) is 22.0 Å². The van der Waals surface area contributed by atoms with E-state index in [0.717, 1.165) is 30.8 Å². The second-order valence-electron chi connectivity index (χ2n) is 7.63. The summed E-state index contributed by atoms with van der Waals surface area (Å²) in [5.74, 6) is 0.925. The van der Waals surface area contributed by atoms with Gasteiger partial charge in [-0.15, -0.1) is 0 Å². The van der Waals surface area contributed by atoms with Crippen LogP contribution < -0.4 is 4.90 Å². The highest BCUT2D eigenvalue weighted by Gasteiger charge is 2.31. The lowest BCUT2D eigenvalue weighted by molar-refractivity contribution is 0.0593. The van der Waals surface area contributed by atoms with Crippen molar-refractivity contribution in [2.45, 2.75) is 50.4 Å². The lowest BCUT2D eigenvalue weighted by Gasteiger charge is -2.31. The highest BCUT2D eigenvalue weighted by Crippen LogP contribution is 2.45. The maximum absolute atomic E-state index is 11.8. The van der Waals surface area contributed by atoms with Gasteiger partial charge in [-0.3, -0.25) is 4.98 Å². The third-order valence-corrected chi connectivity index (χ3v) is 5.58. The van der Waals surface area contributed by atoms with Crippen molar-refractivity contribution in [1.82, 2.24) is 9.97 Å². The lowest BCUT2D eigenvalue weighted by atomic mass is 10.0. The Hall–Kier alpha value is -2.43. The van der Waals surface area contributed by atoms with Crippen LogP contribution in [0.3, 0.4) is 0 Å². The molecule has 3 aliphatic rings. The summed E-state index contributed by atoms with van der Waals surface area (Å²) in [4.78, 5) is 23.7. The molecular weight excluding hydrogens is 326 g/mol. The number of aromatic nitrogens is 2. The molecule has 26 heavy (non-hydrogen) atoms. The van der Waals surface area contributed by atoms with E-state index < -0.39 is 0 Å². The molecule has 0 spiro atoms. The summed E-state index contributed by atoms with van der Waals surface area (Å²) in [5.41, 5.74) is 6.24. The topological polar surface area (TPSA) is 55.3 Å². The smallest absolute Gasteiger partial charge is 0.356 e. The van der Waals surface area contributed by atoms with E-state index in [-0.39, 0.29) is 5.97 Å². The van der Waals surface area contributed by atoms with E-state index >= 15 is 0 Å². The molecule has 2 aromatic heterocycles. The molecule has 2 saturated carbocycles. The van der Waals surface area contributed by atoms with Crippen LogP contribution in [-0.4, -0.2) is 29.6 Å². The Kier molecular flexibility index (Phi) is 3.69. The number of rotatable bonds is 4. The maximum atomic E-state index is 11.8. The molecule has 2 aliphatic carbocycles. The molecule has 0 bridgehead atoms. The number of anilines is 2. The minimum absolute atomic E-state index is 0.374. The molecule has 134 valence electrons. The zero-order valence-electron chi connectivity index (χ0n) is 15.1. The molecule has 5 rings (SSSR count). The van der Waals surface area contributed by atoms with E-state index in [1.165, 1.54) is 49.9 Å². The minimum atomic E-state index is -0.374. The second-order valence-corrected chi connectivity index (χ2v) is 7.63. The molecule has 0 amide bonds. The zero-order valence-corrected chi connectivity index (χ0v) is 15.1. The van der Waals surface area contributed by atoms with Crippen molar-refractivity contribution in [3.05, 3.63) is 47.0 Å². The van der Waals surface area contributed by atoms with Gasteiger partial charge in [-0.1, -0.05) is 0 Å². The summed E-state index contributed by atoms with van der Waals surface area (Å²) in [5, 5.41) is 0.